The van der Waals surface area contributed by atoms with Crippen molar-refractivity contribution < 1.29 is 19.2 Å². The van der Waals surface area contributed by atoms with Crippen molar-refractivity contribution in [2.45, 2.75) is 12.8 Å². The monoisotopic (exact) mass is 385 g/mol. The Hall–Kier alpha value is -3.19. The number of hydrazine groups is 1. The number of amides is 4. The second-order valence-corrected chi connectivity index (χ2v) is 6.38. The molecule has 2 N–H and O–H groups in total. The van der Waals surface area contributed by atoms with Crippen molar-refractivity contribution in [1.82, 2.24) is 15.8 Å². The zero-order valence-corrected chi connectivity index (χ0v) is 15.0. The molecule has 0 saturated heterocycles. The van der Waals surface area contributed by atoms with E-state index in [0.717, 1.165) is 4.90 Å². The highest BCUT2D eigenvalue weighted by Gasteiger charge is 2.30. The number of halogens is 1. The molecule has 0 atom stereocenters. The minimum absolute atomic E-state index is 0.0609. The van der Waals surface area contributed by atoms with E-state index in [-0.39, 0.29) is 25.3 Å². The van der Waals surface area contributed by atoms with E-state index in [1.807, 2.05) is 0 Å². The Morgan fingerprint density at radius 2 is 1.70 bits per heavy atom. The normalized spacial score (nSPS) is 13.1. The van der Waals surface area contributed by atoms with E-state index < -0.39 is 17.7 Å². The summed E-state index contributed by atoms with van der Waals surface area (Å²) >= 11 is 5.75. The van der Waals surface area contributed by atoms with Crippen LogP contribution >= 0.6 is 11.6 Å². The van der Waals surface area contributed by atoms with Gasteiger partial charge in [-0.2, -0.15) is 0 Å². The number of carbonyl (C=O) groups is 4. The van der Waals surface area contributed by atoms with Gasteiger partial charge in [0, 0.05) is 29.1 Å². The summed E-state index contributed by atoms with van der Waals surface area (Å²) < 4.78 is 0. The van der Waals surface area contributed by atoms with Gasteiger partial charge in [0.05, 0.1) is 6.42 Å². The predicted octanol–water partition coefficient (Wildman–Crippen LogP) is 1.72. The summed E-state index contributed by atoms with van der Waals surface area (Å²) in [6.45, 7) is -0.0609. The third-order valence-electron chi connectivity index (χ3n) is 4.12. The number of imide groups is 1. The number of carbonyl (C=O) groups excluding carboxylic acids is 4. The second kappa shape index (κ2) is 8.01. The maximum Gasteiger partial charge on any atom is 0.269 e. The first-order valence-corrected chi connectivity index (χ1v) is 8.61. The van der Waals surface area contributed by atoms with Gasteiger partial charge >= 0.3 is 0 Å². The summed E-state index contributed by atoms with van der Waals surface area (Å²) in [6, 6.07) is 13.0. The van der Waals surface area contributed by atoms with Gasteiger partial charge in [-0.1, -0.05) is 29.8 Å². The van der Waals surface area contributed by atoms with Crippen molar-refractivity contribution >= 4 is 35.2 Å². The van der Waals surface area contributed by atoms with E-state index in [0.29, 0.717) is 21.7 Å². The van der Waals surface area contributed by atoms with Crippen molar-refractivity contribution in [2.75, 3.05) is 6.54 Å². The van der Waals surface area contributed by atoms with Gasteiger partial charge in [-0.05, 0) is 35.9 Å². The number of rotatable bonds is 4. The van der Waals surface area contributed by atoms with Crippen LogP contribution in [0.3, 0.4) is 0 Å². The quantitative estimate of drug-likeness (QED) is 0.618. The van der Waals surface area contributed by atoms with Gasteiger partial charge in [0.2, 0.25) is 11.8 Å². The summed E-state index contributed by atoms with van der Waals surface area (Å²) in [4.78, 5) is 49.5. The van der Waals surface area contributed by atoms with E-state index in [4.69, 9.17) is 11.6 Å². The number of hydrogen-bond acceptors (Lipinski definition) is 4. The molecule has 3 rings (SSSR count). The van der Waals surface area contributed by atoms with E-state index in [2.05, 4.69) is 10.9 Å². The number of nitrogens with zero attached hydrogens (tertiary/aromatic N) is 1. The molecule has 1 aliphatic heterocycles. The van der Waals surface area contributed by atoms with Gasteiger partial charge in [0.25, 0.3) is 11.8 Å². The molecular weight excluding hydrogens is 370 g/mol. The molecule has 1 heterocycles. The van der Waals surface area contributed by atoms with Crippen molar-refractivity contribution in [1.29, 1.82) is 0 Å². The number of fused-ring (bicyclic) bond motifs is 1. The van der Waals surface area contributed by atoms with Crippen LogP contribution in [0.15, 0.2) is 48.5 Å². The molecule has 0 spiro atoms. The Labute approximate surface area is 160 Å². The molecule has 138 valence electrons. The molecule has 0 aliphatic carbocycles. The highest BCUT2D eigenvalue weighted by atomic mass is 35.5. The Bertz CT molecular complexity index is 911. The van der Waals surface area contributed by atoms with Crippen LogP contribution in [0.4, 0.5) is 0 Å². The molecule has 0 bridgehead atoms. The summed E-state index contributed by atoms with van der Waals surface area (Å²) in [5.74, 6) is -1.78. The van der Waals surface area contributed by atoms with Crippen LogP contribution in [0.5, 0.6) is 0 Å². The second-order valence-electron chi connectivity index (χ2n) is 5.94. The first-order chi connectivity index (χ1) is 13.0. The summed E-state index contributed by atoms with van der Waals surface area (Å²) in [5, 5.41) is 0.494. The predicted molar refractivity (Wildman–Crippen MR) is 97.9 cm³/mol. The Balaban J connectivity index is 1.52. The SMILES string of the molecule is O=C(CCN1C(=O)Cc2ccccc2C1=O)NNC(=O)c1ccc(Cl)cc1. The van der Waals surface area contributed by atoms with Gasteiger partial charge in [0.15, 0.2) is 0 Å². The molecular formula is C19H16ClN3O4. The first-order valence-electron chi connectivity index (χ1n) is 8.23. The van der Waals surface area contributed by atoms with Crippen molar-refractivity contribution in [2.24, 2.45) is 0 Å². The topological polar surface area (TPSA) is 95.6 Å². The van der Waals surface area contributed by atoms with Crippen molar-refractivity contribution in [3.05, 3.63) is 70.2 Å². The van der Waals surface area contributed by atoms with Crippen LogP contribution in [-0.4, -0.2) is 35.1 Å². The Kier molecular flexibility index (Phi) is 5.52. The zero-order chi connectivity index (χ0) is 19.4. The molecule has 0 saturated carbocycles. The lowest BCUT2D eigenvalue weighted by atomic mass is 9.98. The molecule has 2 aromatic rings. The summed E-state index contributed by atoms with van der Waals surface area (Å²) in [6.07, 6.45) is -0.00260. The largest absolute Gasteiger partial charge is 0.278 e. The molecule has 0 radical (unpaired) electrons. The van der Waals surface area contributed by atoms with E-state index in [9.17, 15) is 19.2 Å². The van der Waals surface area contributed by atoms with Crippen molar-refractivity contribution in [3.63, 3.8) is 0 Å². The molecule has 0 aromatic heterocycles. The minimum atomic E-state index is -0.517. The smallest absolute Gasteiger partial charge is 0.269 e. The average molecular weight is 386 g/mol. The van der Waals surface area contributed by atoms with Crippen LogP contribution in [0.2, 0.25) is 5.02 Å². The number of hydrogen-bond donors (Lipinski definition) is 2. The van der Waals surface area contributed by atoms with Gasteiger partial charge in [-0.15, -0.1) is 0 Å². The molecule has 0 unspecified atom stereocenters. The molecule has 1 aliphatic rings. The molecule has 27 heavy (non-hydrogen) atoms. The maximum absolute atomic E-state index is 12.4. The standard InChI is InChI=1S/C19H16ClN3O4/c20-14-7-5-12(6-8-14)18(26)22-21-16(24)9-10-23-17(25)11-13-3-1-2-4-15(13)19(23)27/h1-8H,9-11H2,(H,21,24)(H,22,26). The third kappa shape index (κ3) is 4.32. The van der Waals surface area contributed by atoms with Crippen LogP contribution < -0.4 is 10.9 Å². The van der Waals surface area contributed by atoms with Crippen molar-refractivity contribution in [3.8, 4) is 0 Å². The van der Waals surface area contributed by atoms with E-state index >= 15 is 0 Å². The maximum atomic E-state index is 12.4. The molecule has 8 heteroatoms. The Morgan fingerprint density at radius 3 is 2.44 bits per heavy atom. The van der Waals surface area contributed by atoms with Gasteiger partial charge in [-0.25, -0.2) is 0 Å². The molecule has 4 amide bonds. The van der Waals surface area contributed by atoms with Crippen LogP contribution in [0, 0.1) is 0 Å². The highest BCUT2D eigenvalue weighted by Crippen LogP contribution is 2.19. The molecule has 0 fully saturated rings. The van der Waals surface area contributed by atoms with Crippen LogP contribution in [-0.2, 0) is 16.0 Å². The first kappa shape index (κ1) is 18.6. The Morgan fingerprint density at radius 1 is 1.00 bits per heavy atom. The minimum Gasteiger partial charge on any atom is -0.278 e. The lowest BCUT2D eigenvalue weighted by Gasteiger charge is -2.26. The lowest BCUT2D eigenvalue weighted by molar-refractivity contribution is -0.129. The fourth-order valence-corrected chi connectivity index (χ4v) is 2.83. The number of benzene rings is 2. The molecule has 2 aromatic carbocycles. The van der Waals surface area contributed by atoms with Gasteiger partial charge in [-0.3, -0.25) is 34.9 Å². The third-order valence-corrected chi connectivity index (χ3v) is 4.37. The van der Waals surface area contributed by atoms with E-state index in [1.54, 1.807) is 36.4 Å². The van der Waals surface area contributed by atoms with Gasteiger partial charge < -0.3 is 0 Å². The zero-order valence-electron chi connectivity index (χ0n) is 14.2. The molecule has 7 nitrogen and oxygen atoms in total. The van der Waals surface area contributed by atoms with E-state index in [1.165, 1.54) is 12.1 Å². The summed E-state index contributed by atoms with van der Waals surface area (Å²) in [7, 11) is 0. The van der Waals surface area contributed by atoms with Gasteiger partial charge in [0.1, 0.15) is 0 Å². The lowest BCUT2D eigenvalue weighted by Crippen LogP contribution is -2.46. The highest BCUT2D eigenvalue weighted by molar-refractivity contribution is 6.30. The van der Waals surface area contributed by atoms with Crippen LogP contribution in [0.1, 0.15) is 32.7 Å². The summed E-state index contributed by atoms with van der Waals surface area (Å²) in [5.41, 5.74) is 6.02. The van der Waals surface area contributed by atoms with Crippen LogP contribution in [0.25, 0.3) is 0 Å². The average Bonchev–Trinajstić information content (AvgIpc) is 2.66. The fraction of sp³-hybridized carbons (Fsp3) is 0.158. The number of nitrogens with one attached hydrogen (secondary N) is 2. The fourth-order valence-electron chi connectivity index (χ4n) is 2.70.